The molecule has 1 atom stereocenters. The maximum absolute atomic E-state index is 12.3. The molecule has 0 radical (unpaired) electrons. The van der Waals surface area contributed by atoms with Crippen molar-refractivity contribution in [3.8, 4) is 0 Å². The van der Waals surface area contributed by atoms with Crippen molar-refractivity contribution in [2.75, 3.05) is 31.1 Å². The predicted octanol–water partition coefficient (Wildman–Crippen LogP) is 1.53. The van der Waals surface area contributed by atoms with E-state index in [1.165, 1.54) is 0 Å². The molecule has 122 valence electrons. The highest BCUT2D eigenvalue weighted by atomic mass is 16.3. The lowest BCUT2D eigenvalue weighted by Crippen LogP contribution is -2.53. The number of urea groups is 1. The number of carbonyl (C=O) groups is 1. The van der Waals surface area contributed by atoms with E-state index in [1.807, 2.05) is 24.0 Å². The monoisotopic (exact) mass is 315 g/mol. The number of piperazine rings is 1. The van der Waals surface area contributed by atoms with Gasteiger partial charge in [-0.1, -0.05) is 0 Å². The zero-order valence-electron chi connectivity index (χ0n) is 13.2. The van der Waals surface area contributed by atoms with Gasteiger partial charge in [-0.3, -0.25) is 4.98 Å². The zero-order chi connectivity index (χ0) is 16.1. The molecule has 0 bridgehead atoms. The molecule has 23 heavy (non-hydrogen) atoms. The highest BCUT2D eigenvalue weighted by Crippen LogP contribution is 2.12. The molecule has 3 heterocycles. The summed E-state index contributed by atoms with van der Waals surface area (Å²) in [6, 6.07) is 3.78. The third-order valence-electron chi connectivity index (χ3n) is 3.90. The third-order valence-corrected chi connectivity index (χ3v) is 3.90. The van der Waals surface area contributed by atoms with Crippen LogP contribution in [0.3, 0.4) is 0 Å². The minimum Gasteiger partial charge on any atom is -0.469 e. The number of amides is 2. The highest BCUT2D eigenvalue weighted by Gasteiger charge is 2.23. The SMILES string of the molecule is CC(Cc1ccco1)NC(=O)N1CCN(c2cnccn2)CC1. The first-order valence-electron chi connectivity index (χ1n) is 7.81. The van der Waals surface area contributed by atoms with Gasteiger partial charge in [-0.2, -0.15) is 0 Å². The number of carbonyl (C=O) groups excluding carboxylic acids is 1. The van der Waals surface area contributed by atoms with Gasteiger partial charge in [0.2, 0.25) is 0 Å². The molecule has 1 aliphatic heterocycles. The van der Waals surface area contributed by atoms with Crippen LogP contribution in [0.5, 0.6) is 0 Å². The molecule has 3 rings (SSSR count). The lowest BCUT2D eigenvalue weighted by atomic mass is 10.2. The molecule has 2 aromatic heterocycles. The van der Waals surface area contributed by atoms with Crippen molar-refractivity contribution in [3.05, 3.63) is 42.7 Å². The Bertz CT molecular complexity index is 609. The molecule has 2 amide bonds. The molecule has 0 aliphatic carbocycles. The van der Waals surface area contributed by atoms with Crippen molar-refractivity contribution in [2.24, 2.45) is 0 Å². The Morgan fingerprint density at radius 1 is 1.35 bits per heavy atom. The van der Waals surface area contributed by atoms with E-state index in [4.69, 9.17) is 4.42 Å². The molecule has 0 aromatic carbocycles. The Labute approximate surface area is 135 Å². The first-order valence-corrected chi connectivity index (χ1v) is 7.81. The number of furan rings is 1. The van der Waals surface area contributed by atoms with E-state index < -0.39 is 0 Å². The molecular weight excluding hydrogens is 294 g/mol. The van der Waals surface area contributed by atoms with Gasteiger partial charge < -0.3 is 19.5 Å². The molecule has 1 saturated heterocycles. The van der Waals surface area contributed by atoms with E-state index in [1.54, 1.807) is 24.9 Å². The minimum atomic E-state index is -0.0251. The predicted molar refractivity (Wildman–Crippen MR) is 86.2 cm³/mol. The summed E-state index contributed by atoms with van der Waals surface area (Å²) in [5.41, 5.74) is 0. The van der Waals surface area contributed by atoms with Gasteiger partial charge in [-0.15, -0.1) is 0 Å². The molecule has 0 spiro atoms. The second-order valence-electron chi connectivity index (χ2n) is 5.67. The number of hydrogen-bond donors (Lipinski definition) is 1. The Balaban J connectivity index is 1.46. The quantitative estimate of drug-likeness (QED) is 0.926. The number of anilines is 1. The Hall–Kier alpha value is -2.57. The number of rotatable bonds is 4. The van der Waals surface area contributed by atoms with Crippen molar-refractivity contribution in [1.82, 2.24) is 20.2 Å². The molecule has 1 N–H and O–H groups in total. The van der Waals surface area contributed by atoms with Gasteiger partial charge in [-0.05, 0) is 19.1 Å². The van der Waals surface area contributed by atoms with Gasteiger partial charge in [0.1, 0.15) is 11.6 Å². The fourth-order valence-corrected chi connectivity index (χ4v) is 2.68. The normalized spacial score (nSPS) is 16.2. The molecule has 2 aromatic rings. The van der Waals surface area contributed by atoms with Crippen molar-refractivity contribution in [1.29, 1.82) is 0 Å². The van der Waals surface area contributed by atoms with Crippen molar-refractivity contribution in [3.63, 3.8) is 0 Å². The summed E-state index contributed by atoms with van der Waals surface area (Å²) >= 11 is 0. The van der Waals surface area contributed by atoms with Crippen LogP contribution in [0.15, 0.2) is 41.4 Å². The summed E-state index contributed by atoms with van der Waals surface area (Å²) in [6.07, 6.45) is 7.44. The summed E-state index contributed by atoms with van der Waals surface area (Å²) in [7, 11) is 0. The van der Waals surface area contributed by atoms with E-state index >= 15 is 0 Å². The molecule has 7 nitrogen and oxygen atoms in total. The molecule has 1 unspecified atom stereocenters. The number of aromatic nitrogens is 2. The van der Waals surface area contributed by atoms with E-state index in [0.717, 1.165) is 24.7 Å². The van der Waals surface area contributed by atoms with Gasteiger partial charge in [0.05, 0.1) is 12.5 Å². The van der Waals surface area contributed by atoms with E-state index in [9.17, 15) is 4.79 Å². The molecule has 1 aliphatic rings. The van der Waals surface area contributed by atoms with Crippen LogP contribution in [0, 0.1) is 0 Å². The van der Waals surface area contributed by atoms with Crippen LogP contribution < -0.4 is 10.2 Å². The fourth-order valence-electron chi connectivity index (χ4n) is 2.68. The first kappa shape index (κ1) is 15.3. The summed E-state index contributed by atoms with van der Waals surface area (Å²) in [6.45, 7) is 4.86. The average molecular weight is 315 g/mol. The van der Waals surface area contributed by atoms with Crippen LogP contribution in [0.2, 0.25) is 0 Å². The molecule has 7 heteroatoms. The smallest absolute Gasteiger partial charge is 0.317 e. The van der Waals surface area contributed by atoms with Crippen LogP contribution in [0.1, 0.15) is 12.7 Å². The van der Waals surface area contributed by atoms with E-state index in [2.05, 4.69) is 20.2 Å². The number of nitrogens with zero attached hydrogens (tertiary/aromatic N) is 4. The fraction of sp³-hybridized carbons (Fsp3) is 0.438. The standard InChI is InChI=1S/C16H21N5O2/c1-13(11-14-3-2-10-23-14)19-16(22)21-8-6-20(7-9-21)15-12-17-4-5-18-15/h2-5,10,12-13H,6-9,11H2,1H3,(H,19,22). The van der Waals surface area contributed by atoms with Crippen molar-refractivity contribution < 1.29 is 9.21 Å². The van der Waals surface area contributed by atoms with Gasteiger partial charge in [0, 0.05) is 51.0 Å². The van der Waals surface area contributed by atoms with Crippen LogP contribution >= 0.6 is 0 Å². The topological polar surface area (TPSA) is 74.5 Å². The van der Waals surface area contributed by atoms with Gasteiger partial charge in [-0.25, -0.2) is 9.78 Å². The summed E-state index contributed by atoms with van der Waals surface area (Å²) < 4.78 is 5.31. The molecule has 0 saturated carbocycles. The Morgan fingerprint density at radius 2 is 2.17 bits per heavy atom. The van der Waals surface area contributed by atoms with Crippen molar-refractivity contribution >= 4 is 11.8 Å². The number of hydrogen-bond acceptors (Lipinski definition) is 5. The van der Waals surface area contributed by atoms with Crippen LogP contribution in [0.25, 0.3) is 0 Å². The minimum absolute atomic E-state index is 0.0251. The first-order chi connectivity index (χ1) is 11.2. The molecule has 1 fully saturated rings. The lowest BCUT2D eigenvalue weighted by molar-refractivity contribution is 0.190. The average Bonchev–Trinajstić information content (AvgIpc) is 3.08. The van der Waals surface area contributed by atoms with Gasteiger partial charge in [0.25, 0.3) is 0 Å². The second kappa shape index (κ2) is 7.13. The van der Waals surface area contributed by atoms with Gasteiger partial charge >= 0.3 is 6.03 Å². The summed E-state index contributed by atoms with van der Waals surface area (Å²) in [5.74, 6) is 1.74. The summed E-state index contributed by atoms with van der Waals surface area (Å²) in [5, 5.41) is 3.02. The maximum Gasteiger partial charge on any atom is 0.317 e. The van der Waals surface area contributed by atoms with Gasteiger partial charge in [0.15, 0.2) is 0 Å². The Morgan fingerprint density at radius 3 is 2.83 bits per heavy atom. The van der Waals surface area contributed by atoms with Crippen molar-refractivity contribution in [2.45, 2.75) is 19.4 Å². The van der Waals surface area contributed by atoms with Crippen LogP contribution in [0.4, 0.5) is 10.6 Å². The number of nitrogens with one attached hydrogen (secondary N) is 1. The second-order valence-corrected chi connectivity index (χ2v) is 5.67. The Kier molecular flexibility index (Phi) is 4.75. The third kappa shape index (κ3) is 4.00. The zero-order valence-corrected chi connectivity index (χ0v) is 13.2. The highest BCUT2D eigenvalue weighted by molar-refractivity contribution is 5.74. The van der Waals surface area contributed by atoms with E-state index in [0.29, 0.717) is 19.5 Å². The lowest BCUT2D eigenvalue weighted by Gasteiger charge is -2.35. The van der Waals surface area contributed by atoms with Crippen LogP contribution in [-0.4, -0.2) is 53.1 Å². The maximum atomic E-state index is 12.3. The largest absolute Gasteiger partial charge is 0.469 e. The van der Waals surface area contributed by atoms with Crippen LogP contribution in [-0.2, 0) is 6.42 Å². The summed E-state index contributed by atoms with van der Waals surface area (Å²) in [4.78, 5) is 24.7. The molecular formula is C16H21N5O2. The van der Waals surface area contributed by atoms with E-state index in [-0.39, 0.29) is 12.1 Å².